The van der Waals surface area contributed by atoms with Gasteiger partial charge in [0, 0.05) is 17.8 Å². The Bertz CT molecular complexity index is 512. The molecule has 2 aromatic carbocycles. The van der Waals surface area contributed by atoms with Crippen molar-refractivity contribution in [2.45, 2.75) is 12.8 Å². The van der Waals surface area contributed by atoms with Gasteiger partial charge < -0.3 is 10.1 Å². The number of benzene rings is 2. The smallest absolute Gasteiger partial charge is 0.127 e. The number of hydrogen-bond donors (Lipinski definition) is 1. The van der Waals surface area contributed by atoms with Gasteiger partial charge in [-0.1, -0.05) is 36.4 Å². The summed E-state index contributed by atoms with van der Waals surface area (Å²) >= 11 is 0. The Labute approximate surface area is 108 Å². The highest BCUT2D eigenvalue weighted by molar-refractivity contribution is 5.88. The standard InChI is InChI=1S/C16H19NO/c1-2-8-15-14(6-1)7-3-9-16(15)18-12-13-5-4-10-17-11-13/h1-3,6-9,13,17H,4-5,10-12H2/t13-/m0/s1. The van der Waals surface area contributed by atoms with Gasteiger partial charge in [0.25, 0.3) is 0 Å². The maximum Gasteiger partial charge on any atom is 0.127 e. The number of rotatable bonds is 3. The molecule has 1 aliphatic heterocycles. The fourth-order valence-electron chi connectivity index (χ4n) is 2.60. The van der Waals surface area contributed by atoms with Crippen LogP contribution in [0.25, 0.3) is 10.8 Å². The Morgan fingerprint density at radius 3 is 2.89 bits per heavy atom. The van der Waals surface area contributed by atoms with Crippen LogP contribution in [0.2, 0.25) is 0 Å². The lowest BCUT2D eigenvalue weighted by Gasteiger charge is -2.23. The summed E-state index contributed by atoms with van der Waals surface area (Å²) in [4.78, 5) is 0. The van der Waals surface area contributed by atoms with Gasteiger partial charge in [0.1, 0.15) is 5.75 Å². The van der Waals surface area contributed by atoms with Gasteiger partial charge in [-0.15, -0.1) is 0 Å². The van der Waals surface area contributed by atoms with Crippen LogP contribution in [0.15, 0.2) is 42.5 Å². The first-order valence-corrected chi connectivity index (χ1v) is 6.75. The lowest BCUT2D eigenvalue weighted by atomic mass is 10.0. The zero-order valence-corrected chi connectivity index (χ0v) is 10.6. The van der Waals surface area contributed by atoms with E-state index in [0.29, 0.717) is 5.92 Å². The Morgan fingerprint density at radius 1 is 1.11 bits per heavy atom. The van der Waals surface area contributed by atoms with E-state index in [1.54, 1.807) is 0 Å². The SMILES string of the molecule is c1ccc2c(OC[C@H]3CCCNC3)cccc2c1. The van der Waals surface area contributed by atoms with Crippen molar-refractivity contribution in [3.8, 4) is 5.75 Å². The third-order valence-electron chi connectivity index (χ3n) is 3.62. The van der Waals surface area contributed by atoms with Crippen LogP contribution in [0.5, 0.6) is 5.75 Å². The number of nitrogens with one attached hydrogen (secondary N) is 1. The molecular weight excluding hydrogens is 222 g/mol. The van der Waals surface area contributed by atoms with Crippen molar-refractivity contribution < 1.29 is 4.74 Å². The van der Waals surface area contributed by atoms with Crippen molar-refractivity contribution in [3.63, 3.8) is 0 Å². The third-order valence-corrected chi connectivity index (χ3v) is 3.62. The van der Waals surface area contributed by atoms with E-state index >= 15 is 0 Å². The molecule has 0 spiro atoms. The molecule has 0 bridgehead atoms. The largest absolute Gasteiger partial charge is 0.493 e. The summed E-state index contributed by atoms with van der Waals surface area (Å²) in [6, 6.07) is 14.7. The van der Waals surface area contributed by atoms with Gasteiger partial charge in [0.15, 0.2) is 0 Å². The summed E-state index contributed by atoms with van der Waals surface area (Å²) in [6.07, 6.45) is 2.54. The molecule has 94 valence electrons. The maximum atomic E-state index is 6.02. The normalized spacial score (nSPS) is 19.9. The predicted octanol–water partition coefficient (Wildman–Crippen LogP) is 3.22. The second kappa shape index (κ2) is 5.40. The van der Waals surface area contributed by atoms with Crippen molar-refractivity contribution in [2.75, 3.05) is 19.7 Å². The number of hydrogen-bond acceptors (Lipinski definition) is 2. The van der Waals surface area contributed by atoms with Gasteiger partial charge in [-0.2, -0.15) is 0 Å². The van der Waals surface area contributed by atoms with E-state index in [0.717, 1.165) is 25.4 Å². The molecule has 0 saturated carbocycles. The van der Waals surface area contributed by atoms with Crippen LogP contribution in [-0.2, 0) is 0 Å². The van der Waals surface area contributed by atoms with E-state index in [9.17, 15) is 0 Å². The summed E-state index contributed by atoms with van der Waals surface area (Å²) in [6.45, 7) is 3.07. The molecule has 18 heavy (non-hydrogen) atoms. The summed E-state index contributed by atoms with van der Waals surface area (Å²) in [5.41, 5.74) is 0. The first kappa shape index (κ1) is 11.5. The molecule has 2 aromatic rings. The lowest BCUT2D eigenvalue weighted by molar-refractivity contribution is 0.220. The van der Waals surface area contributed by atoms with Gasteiger partial charge in [-0.05, 0) is 30.8 Å². The summed E-state index contributed by atoms with van der Waals surface area (Å²) in [5, 5.41) is 5.89. The van der Waals surface area contributed by atoms with Crippen molar-refractivity contribution in [2.24, 2.45) is 5.92 Å². The van der Waals surface area contributed by atoms with Crippen molar-refractivity contribution in [1.82, 2.24) is 5.32 Å². The molecule has 1 saturated heterocycles. The average Bonchev–Trinajstić information content (AvgIpc) is 2.46. The molecular formula is C16H19NO. The summed E-state index contributed by atoms with van der Waals surface area (Å²) in [5.74, 6) is 1.66. The molecule has 1 N–H and O–H groups in total. The van der Waals surface area contributed by atoms with E-state index in [1.807, 2.05) is 0 Å². The van der Waals surface area contributed by atoms with Crippen LogP contribution in [0.3, 0.4) is 0 Å². The Balaban J connectivity index is 1.74. The van der Waals surface area contributed by atoms with Crippen LogP contribution in [0.4, 0.5) is 0 Å². The summed E-state index contributed by atoms with van der Waals surface area (Å²) < 4.78 is 6.02. The van der Waals surface area contributed by atoms with E-state index in [2.05, 4.69) is 47.8 Å². The Morgan fingerprint density at radius 2 is 2.00 bits per heavy atom. The van der Waals surface area contributed by atoms with Crippen molar-refractivity contribution in [1.29, 1.82) is 0 Å². The van der Waals surface area contributed by atoms with E-state index in [1.165, 1.54) is 23.6 Å². The minimum absolute atomic E-state index is 0.651. The molecule has 0 radical (unpaired) electrons. The van der Waals surface area contributed by atoms with Crippen molar-refractivity contribution in [3.05, 3.63) is 42.5 Å². The van der Waals surface area contributed by atoms with E-state index in [4.69, 9.17) is 4.74 Å². The minimum Gasteiger partial charge on any atom is -0.493 e. The molecule has 1 fully saturated rings. The Hall–Kier alpha value is -1.54. The number of piperidine rings is 1. The molecule has 0 amide bonds. The van der Waals surface area contributed by atoms with Gasteiger partial charge in [0.05, 0.1) is 6.61 Å². The quantitative estimate of drug-likeness (QED) is 0.891. The van der Waals surface area contributed by atoms with Crippen LogP contribution in [0, 0.1) is 5.92 Å². The molecule has 1 atom stereocenters. The van der Waals surface area contributed by atoms with Crippen molar-refractivity contribution >= 4 is 10.8 Å². The predicted molar refractivity (Wildman–Crippen MR) is 75.0 cm³/mol. The van der Waals surface area contributed by atoms with Crippen LogP contribution < -0.4 is 10.1 Å². The highest BCUT2D eigenvalue weighted by Crippen LogP contribution is 2.26. The van der Waals surface area contributed by atoms with Crippen LogP contribution in [-0.4, -0.2) is 19.7 Å². The molecule has 1 heterocycles. The zero-order valence-electron chi connectivity index (χ0n) is 10.6. The van der Waals surface area contributed by atoms with E-state index in [-0.39, 0.29) is 0 Å². The molecule has 2 nitrogen and oxygen atoms in total. The van der Waals surface area contributed by atoms with Gasteiger partial charge in [0.2, 0.25) is 0 Å². The summed E-state index contributed by atoms with van der Waals surface area (Å²) in [7, 11) is 0. The Kier molecular flexibility index (Phi) is 3.47. The lowest BCUT2D eigenvalue weighted by Crippen LogP contribution is -2.33. The molecule has 1 aliphatic rings. The average molecular weight is 241 g/mol. The first-order valence-electron chi connectivity index (χ1n) is 6.75. The van der Waals surface area contributed by atoms with Gasteiger partial charge in [-0.3, -0.25) is 0 Å². The number of ether oxygens (including phenoxy) is 1. The minimum atomic E-state index is 0.651. The first-order chi connectivity index (χ1) is 8.93. The van der Waals surface area contributed by atoms with Gasteiger partial charge >= 0.3 is 0 Å². The zero-order chi connectivity index (χ0) is 12.2. The molecule has 0 unspecified atom stereocenters. The molecule has 0 aliphatic carbocycles. The number of fused-ring (bicyclic) bond motifs is 1. The molecule has 0 aromatic heterocycles. The van der Waals surface area contributed by atoms with Gasteiger partial charge in [-0.25, -0.2) is 0 Å². The topological polar surface area (TPSA) is 21.3 Å². The maximum absolute atomic E-state index is 6.02. The van der Waals surface area contributed by atoms with E-state index < -0.39 is 0 Å². The fraction of sp³-hybridized carbons (Fsp3) is 0.375. The third kappa shape index (κ3) is 2.49. The van der Waals surface area contributed by atoms with Crippen LogP contribution in [0.1, 0.15) is 12.8 Å². The molecule has 2 heteroatoms. The van der Waals surface area contributed by atoms with Crippen LogP contribution >= 0.6 is 0 Å². The second-order valence-corrected chi connectivity index (χ2v) is 5.00. The highest BCUT2D eigenvalue weighted by atomic mass is 16.5. The fourth-order valence-corrected chi connectivity index (χ4v) is 2.60. The second-order valence-electron chi connectivity index (χ2n) is 5.00. The highest BCUT2D eigenvalue weighted by Gasteiger charge is 2.13. The molecule has 3 rings (SSSR count). The monoisotopic (exact) mass is 241 g/mol.